The second-order valence-electron chi connectivity index (χ2n) is 3.73. The third-order valence-corrected chi connectivity index (χ3v) is 2.68. The summed E-state index contributed by atoms with van der Waals surface area (Å²) in [5, 5.41) is 15.5. The van der Waals surface area contributed by atoms with Crippen LogP contribution in [0, 0.1) is 11.3 Å². The Kier molecular flexibility index (Phi) is 4.16. The van der Waals surface area contributed by atoms with E-state index in [9.17, 15) is 0 Å². The van der Waals surface area contributed by atoms with Crippen LogP contribution in [0.2, 0.25) is 5.02 Å². The molecule has 2 rings (SSSR count). The molecule has 0 aliphatic carbocycles. The van der Waals surface area contributed by atoms with Gasteiger partial charge in [0, 0.05) is 12.7 Å². The van der Waals surface area contributed by atoms with Crippen molar-refractivity contribution in [2.24, 2.45) is 0 Å². The lowest BCUT2D eigenvalue weighted by Crippen LogP contribution is -2.03. The summed E-state index contributed by atoms with van der Waals surface area (Å²) in [7, 11) is 0. The van der Waals surface area contributed by atoms with Gasteiger partial charge in [0.25, 0.3) is 0 Å². The molecule has 96 valence electrons. The molecular weight excluding hydrogens is 262 g/mol. The largest absolute Gasteiger partial charge is 0.354 e. The fourth-order valence-corrected chi connectivity index (χ4v) is 1.66. The number of rotatable bonds is 4. The molecule has 0 saturated heterocycles. The van der Waals surface area contributed by atoms with Crippen LogP contribution in [0.25, 0.3) is 0 Å². The van der Waals surface area contributed by atoms with Gasteiger partial charge in [-0.1, -0.05) is 11.6 Å². The van der Waals surface area contributed by atoms with E-state index >= 15 is 0 Å². The first-order valence-corrected chi connectivity index (χ1v) is 6.14. The van der Waals surface area contributed by atoms with Crippen LogP contribution in [0.5, 0.6) is 0 Å². The van der Waals surface area contributed by atoms with E-state index in [1.807, 2.05) is 6.92 Å². The van der Waals surface area contributed by atoms with Crippen molar-refractivity contribution in [3.05, 3.63) is 41.0 Å². The van der Waals surface area contributed by atoms with Crippen LogP contribution in [0.4, 0.5) is 17.5 Å². The summed E-state index contributed by atoms with van der Waals surface area (Å²) in [5.41, 5.74) is 1.18. The van der Waals surface area contributed by atoms with Crippen molar-refractivity contribution in [1.82, 2.24) is 9.97 Å². The number of benzene rings is 1. The molecule has 5 nitrogen and oxygen atoms in total. The number of anilines is 3. The molecule has 0 fully saturated rings. The zero-order valence-corrected chi connectivity index (χ0v) is 11.1. The molecule has 0 spiro atoms. The number of hydrogen-bond donors (Lipinski definition) is 2. The molecule has 0 bridgehead atoms. The Bertz CT molecular complexity index is 621. The molecule has 0 aliphatic heterocycles. The minimum atomic E-state index is 0.530. The zero-order valence-electron chi connectivity index (χ0n) is 10.3. The lowest BCUT2D eigenvalue weighted by atomic mass is 10.2. The maximum absolute atomic E-state index is 8.88. The summed E-state index contributed by atoms with van der Waals surface area (Å²) in [6, 6.07) is 8.82. The van der Waals surface area contributed by atoms with Gasteiger partial charge in [0.2, 0.25) is 5.95 Å². The van der Waals surface area contributed by atoms with Crippen molar-refractivity contribution in [2.45, 2.75) is 6.92 Å². The van der Waals surface area contributed by atoms with Crippen LogP contribution < -0.4 is 10.6 Å². The first-order valence-electron chi connectivity index (χ1n) is 5.76. The smallest absolute Gasteiger partial charge is 0.224 e. The minimum Gasteiger partial charge on any atom is -0.354 e. The van der Waals surface area contributed by atoms with E-state index in [0.717, 1.165) is 6.54 Å². The highest BCUT2D eigenvalue weighted by atomic mass is 35.5. The Morgan fingerprint density at radius 3 is 2.95 bits per heavy atom. The average Bonchev–Trinajstić information content (AvgIpc) is 2.42. The van der Waals surface area contributed by atoms with E-state index in [4.69, 9.17) is 16.9 Å². The van der Waals surface area contributed by atoms with Crippen molar-refractivity contribution in [1.29, 1.82) is 5.26 Å². The highest BCUT2D eigenvalue weighted by Gasteiger charge is 2.04. The Labute approximate surface area is 116 Å². The van der Waals surface area contributed by atoms with Crippen LogP contribution in [-0.2, 0) is 0 Å². The maximum Gasteiger partial charge on any atom is 0.224 e. The van der Waals surface area contributed by atoms with E-state index in [2.05, 4.69) is 26.7 Å². The molecule has 0 unspecified atom stereocenters. The molecular formula is C13H12ClN5. The van der Waals surface area contributed by atoms with Gasteiger partial charge in [0.1, 0.15) is 5.82 Å². The van der Waals surface area contributed by atoms with E-state index in [-0.39, 0.29) is 0 Å². The molecule has 0 amide bonds. The van der Waals surface area contributed by atoms with E-state index in [1.54, 1.807) is 30.5 Å². The van der Waals surface area contributed by atoms with Crippen LogP contribution >= 0.6 is 11.6 Å². The molecule has 6 heteroatoms. The van der Waals surface area contributed by atoms with Crippen molar-refractivity contribution in [3.8, 4) is 6.07 Å². The predicted octanol–water partition coefficient (Wildman–Crippen LogP) is 3.18. The maximum atomic E-state index is 8.88. The van der Waals surface area contributed by atoms with E-state index in [1.165, 1.54) is 0 Å². The van der Waals surface area contributed by atoms with Crippen LogP contribution in [0.3, 0.4) is 0 Å². The SMILES string of the molecule is CCNc1nccc(Nc2cc(C#N)ccc2Cl)n1. The molecule has 19 heavy (non-hydrogen) atoms. The Morgan fingerprint density at radius 1 is 1.37 bits per heavy atom. The molecule has 1 heterocycles. The van der Waals surface area contributed by atoms with Crippen molar-refractivity contribution in [3.63, 3.8) is 0 Å². The standard InChI is InChI=1S/C13H12ClN5/c1-2-16-13-17-6-5-12(19-13)18-11-7-9(8-15)3-4-10(11)14/h3-7H,2H2,1H3,(H2,16,17,18,19). The predicted molar refractivity (Wildman–Crippen MR) is 75.6 cm³/mol. The lowest BCUT2D eigenvalue weighted by Gasteiger charge is -2.09. The van der Waals surface area contributed by atoms with Gasteiger partial charge in [-0.15, -0.1) is 0 Å². The van der Waals surface area contributed by atoms with Crippen molar-refractivity contribution < 1.29 is 0 Å². The molecule has 0 saturated carbocycles. The van der Waals surface area contributed by atoms with Gasteiger partial charge in [-0.3, -0.25) is 0 Å². The number of hydrogen-bond acceptors (Lipinski definition) is 5. The quantitative estimate of drug-likeness (QED) is 0.895. The molecule has 0 aliphatic rings. The highest BCUT2D eigenvalue weighted by Crippen LogP contribution is 2.25. The summed E-state index contributed by atoms with van der Waals surface area (Å²) in [4.78, 5) is 8.36. The minimum absolute atomic E-state index is 0.530. The van der Waals surface area contributed by atoms with E-state index < -0.39 is 0 Å². The summed E-state index contributed by atoms with van der Waals surface area (Å²) < 4.78 is 0. The van der Waals surface area contributed by atoms with Crippen LogP contribution in [0.1, 0.15) is 12.5 Å². The van der Waals surface area contributed by atoms with Gasteiger partial charge in [-0.05, 0) is 31.2 Å². The number of nitriles is 1. The third-order valence-electron chi connectivity index (χ3n) is 2.35. The highest BCUT2D eigenvalue weighted by molar-refractivity contribution is 6.33. The molecule has 0 radical (unpaired) electrons. The number of nitrogens with one attached hydrogen (secondary N) is 2. The first-order chi connectivity index (χ1) is 9.22. The van der Waals surface area contributed by atoms with Gasteiger partial charge in [0.05, 0.1) is 22.3 Å². The van der Waals surface area contributed by atoms with Crippen LogP contribution in [0.15, 0.2) is 30.5 Å². The fourth-order valence-electron chi connectivity index (χ4n) is 1.50. The Hall–Kier alpha value is -2.32. The van der Waals surface area contributed by atoms with Gasteiger partial charge in [-0.2, -0.15) is 10.2 Å². The van der Waals surface area contributed by atoms with Gasteiger partial charge in [-0.25, -0.2) is 4.98 Å². The average molecular weight is 274 g/mol. The Morgan fingerprint density at radius 2 is 2.21 bits per heavy atom. The third kappa shape index (κ3) is 3.33. The van der Waals surface area contributed by atoms with Crippen molar-refractivity contribution in [2.75, 3.05) is 17.2 Å². The summed E-state index contributed by atoms with van der Waals surface area (Å²) in [6.07, 6.45) is 1.65. The molecule has 1 aromatic carbocycles. The molecule has 2 aromatic rings. The van der Waals surface area contributed by atoms with Crippen LogP contribution in [-0.4, -0.2) is 16.5 Å². The van der Waals surface area contributed by atoms with Crippen molar-refractivity contribution >= 4 is 29.1 Å². The molecule has 1 aromatic heterocycles. The normalized spacial score (nSPS) is 9.74. The first kappa shape index (κ1) is 13.1. The Balaban J connectivity index is 2.26. The van der Waals surface area contributed by atoms with E-state index in [0.29, 0.717) is 28.0 Å². The van der Waals surface area contributed by atoms with Gasteiger partial charge < -0.3 is 10.6 Å². The summed E-state index contributed by atoms with van der Waals surface area (Å²) >= 11 is 6.07. The fraction of sp³-hybridized carbons (Fsp3) is 0.154. The number of halogens is 1. The summed E-state index contributed by atoms with van der Waals surface area (Å²) in [6.45, 7) is 2.71. The monoisotopic (exact) mass is 273 g/mol. The second kappa shape index (κ2) is 6.03. The molecule has 2 N–H and O–H groups in total. The topological polar surface area (TPSA) is 73.6 Å². The number of aromatic nitrogens is 2. The summed E-state index contributed by atoms with van der Waals surface area (Å²) in [5.74, 6) is 1.16. The molecule has 0 atom stereocenters. The van der Waals surface area contributed by atoms with Gasteiger partial charge >= 0.3 is 0 Å². The van der Waals surface area contributed by atoms with Gasteiger partial charge in [0.15, 0.2) is 0 Å². The number of nitrogens with zero attached hydrogens (tertiary/aromatic N) is 3. The zero-order chi connectivity index (χ0) is 13.7. The lowest BCUT2D eigenvalue weighted by molar-refractivity contribution is 1.09. The second-order valence-corrected chi connectivity index (χ2v) is 4.13.